The fourth-order valence-electron chi connectivity index (χ4n) is 15.5. The van der Waals surface area contributed by atoms with Gasteiger partial charge in [0.15, 0.2) is 45.6 Å². The average molecular weight is 1080 g/mol. The van der Waals surface area contributed by atoms with E-state index in [0.717, 1.165) is 33.7 Å². The van der Waals surface area contributed by atoms with Crippen LogP contribution in [0.1, 0.15) is 143 Å². The first-order chi connectivity index (χ1) is 37.1. The quantitative estimate of drug-likeness (QED) is 0.126. The molecule has 6 aromatic rings. The number of H-pyrrole nitrogens is 3. The molecule has 12 nitrogen and oxygen atoms in total. The van der Waals surface area contributed by atoms with Crippen LogP contribution >= 0.6 is 0 Å². The Morgan fingerprint density at radius 3 is 1.51 bits per heavy atom. The normalized spacial score (nSPS) is 25.7. The van der Waals surface area contributed by atoms with E-state index in [1.165, 1.54) is 67.3 Å². The van der Waals surface area contributed by atoms with E-state index in [1.807, 2.05) is 39.0 Å². The summed E-state index contributed by atoms with van der Waals surface area (Å²) in [6, 6.07) is 18.5. The first-order valence-corrected chi connectivity index (χ1v) is 26.8. The number of Topliss-reactive ketones (excluding diaryl/α,β-unsaturated/α-hetero) is 3. The maximum Gasteiger partial charge on any atom is 0.406 e. The van der Waals surface area contributed by atoms with Gasteiger partial charge in [-0.15, -0.1) is 0 Å². The number of ketones is 3. The standard InChI is InChI=1S/C61H59F6N9O3/c1-30-45-51(72-69-30)68-39-24-54(4,5)27-42(77)48(39)57(45)22-21-33-23-37(19-20-38(33)57)76-41-26-56(8,9)29-44(79)50(41)59(61(65,66)67,47-32(3)71-74-53(47)76)35-15-17-36(18-16-35)75-40-25-55(6,7)28-43(78)49(40)58(60(62,63)64,34-13-11-10-12-14-34)46-31(2)70-73-52(46)75/h10-20,23H,21-22,24-29H2,1-9H3,(H,70,73)(H,71,74)(H2,68,69,72)/t57?,58-,59?/m1/s1. The second-order valence-corrected chi connectivity index (χ2v) is 25.4. The van der Waals surface area contributed by atoms with Gasteiger partial charge in [0.25, 0.3) is 0 Å². The van der Waals surface area contributed by atoms with Crippen LogP contribution in [0.4, 0.5) is 55.2 Å². The van der Waals surface area contributed by atoms with Crippen LogP contribution in [0.15, 0.2) is 107 Å². The molecule has 0 saturated carbocycles. The minimum Gasteiger partial charge on any atom is -0.342 e. The molecular weight excluding hydrogens is 1020 g/mol. The third-order valence-corrected chi connectivity index (χ3v) is 18.2. The van der Waals surface area contributed by atoms with Gasteiger partial charge in [-0.05, 0) is 116 Å². The SMILES string of the molecule is Cc1[nH]nc2c1C1(CCc3cc(N4C5=C(C(=O)CC(C)(C)C5)C(c5ccc(N6C7=C(C(=O)CC(C)(C)C7)[C@](c7ccccc7)(C(F)(F)F)c7c6n[nH]c7C)cc5)(C(F)(F)F)c5c4n[nH]c5C)ccc31)C1=C(CC(C)(C)CC1=O)N2. The van der Waals surface area contributed by atoms with Gasteiger partial charge >= 0.3 is 12.4 Å². The molecule has 0 amide bonds. The number of benzene rings is 3. The lowest BCUT2D eigenvalue weighted by Crippen LogP contribution is -2.54. The number of nitrogens with zero attached hydrogens (tertiary/aromatic N) is 5. The van der Waals surface area contributed by atoms with E-state index in [2.05, 4.69) is 49.8 Å². The minimum atomic E-state index is -5.16. The highest BCUT2D eigenvalue weighted by atomic mass is 19.4. The zero-order valence-electron chi connectivity index (χ0n) is 45.3. The Kier molecular flexibility index (Phi) is 10.4. The Morgan fingerprint density at radius 1 is 0.519 bits per heavy atom. The number of aromatic nitrogens is 6. The van der Waals surface area contributed by atoms with E-state index < -0.39 is 62.1 Å². The van der Waals surface area contributed by atoms with Crippen molar-refractivity contribution >= 4 is 46.2 Å². The number of fused-ring (bicyclic) bond motifs is 7. The second kappa shape index (κ2) is 16.1. The number of carbonyl (C=O) groups is 3. The van der Waals surface area contributed by atoms with Gasteiger partial charge in [0, 0.05) is 98.2 Å². The summed E-state index contributed by atoms with van der Waals surface area (Å²) in [5.41, 5.74) is -4.48. The Bertz CT molecular complexity index is 3790. The Hall–Kier alpha value is -7.50. The van der Waals surface area contributed by atoms with Crippen molar-refractivity contribution in [1.29, 1.82) is 0 Å². The molecule has 0 bridgehead atoms. The molecule has 18 heteroatoms. The summed E-state index contributed by atoms with van der Waals surface area (Å²) in [6.07, 6.45) is -8.38. The van der Waals surface area contributed by atoms with Gasteiger partial charge in [-0.1, -0.05) is 90.1 Å². The lowest BCUT2D eigenvalue weighted by molar-refractivity contribution is -0.171. The number of aromatic amines is 3. The molecule has 0 saturated heterocycles. The molecule has 408 valence electrons. The highest BCUT2D eigenvalue weighted by Crippen LogP contribution is 2.66. The van der Waals surface area contributed by atoms with Crippen molar-refractivity contribution in [2.45, 2.75) is 142 Å². The Balaban J connectivity index is 0.996. The molecule has 4 aliphatic carbocycles. The lowest BCUT2D eigenvalue weighted by atomic mass is 9.59. The van der Waals surface area contributed by atoms with Gasteiger partial charge in [0.05, 0.1) is 5.41 Å². The number of nitrogens with one attached hydrogen (secondary N) is 4. The van der Waals surface area contributed by atoms with Gasteiger partial charge in [-0.25, -0.2) is 0 Å². The number of anilines is 5. The number of allylic oxidation sites excluding steroid dienone is 6. The molecule has 79 heavy (non-hydrogen) atoms. The average Bonchev–Trinajstić information content (AvgIpc) is 2.38. The molecule has 3 aromatic heterocycles. The molecule has 6 heterocycles. The summed E-state index contributed by atoms with van der Waals surface area (Å²) in [5, 5.41) is 26.1. The fourth-order valence-corrected chi connectivity index (χ4v) is 15.5. The molecular formula is C61H59F6N9O3. The molecule has 1 spiro atoms. The third-order valence-electron chi connectivity index (χ3n) is 18.2. The van der Waals surface area contributed by atoms with Crippen molar-refractivity contribution in [1.82, 2.24) is 30.6 Å². The van der Waals surface area contributed by atoms with Gasteiger partial charge in [-0.3, -0.25) is 39.5 Å². The van der Waals surface area contributed by atoms with Crippen LogP contribution in [-0.4, -0.2) is 60.3 Å². The van der Waals surface area contributed by atoms with Crippen LogP contribution in [0.5, 0.6) is 0 Å². The molecule has 3 atom stereocenters. The summed E-state index contributed by atoms with van der Waals surface area (Å²) < 4.78 is 101. The van der Waals surface area contributed by atoms with Crippen molar-refractivity contribution in [2.75, 3.05) is 15.1 Å². The van der Waals surface area contributed by atoms with Crippen LogP contribution in [0.25, 0.3) is 0 Å². The van der Waals surface area contributed by atoms with Gasteiger partial charge in [0.2, 0.25) is 0 Å². The maximum atomic E-state index is 17.3. The molecule has 13 rings (SSSR count). The van der Waals surface area contributed by atoms with Crippen molar-refractivity contribution in [3.05, 3.63) is 163 Å². The Morgan fingerprint density at radius 2 is 0.975 bits per heavy atom. The summed E-state index contributed by atoms with van der Waals surface area (Å²) in [5.74, 6) is -0.828. The smallest absolute Gasteiger partial charge is 0.342 e. The van der Waals surface area contributed by atoms with Crippen molar-refractivity contribution in [3.63, 3.8) is 0 Å². The topological polar surface area (TPSA) is 156 Å². The van der Waals surface area contributed by atoms with Gasteiger partial charge in [-0.2, -0.15) is 41.6 Å². The maximum absolute atomic E-state index is 17.3. The van der Waals surface area contributed by atoms with Crippen molar-refractivity contribution in [3.8, 4) is 0 Å². The van der Waals surface area contributed by atoms with E-state index in [0.29, 0.717) is 37.2 Å². The zero-order valence-corrected chi connectivity index (χ0v) is 45.3. The molecule has 0 radical (unpaired) electrons. The summed E-state index contributed by atoms with van der Waals surface area (Å²) in [4.78, 5) is 47.4. The third kappa shape index (κ3) is 6.68. The molecule has 2 unspecified atom stereocenters. The zero-order chi connectivity index (χ0) is 56.1. The number of carbonyl (C=O) groups excluding carboxylic acids is 3. The molecule has 3 aliphatic heterocycles. The van der Waals surface area contributed by atoms with Gasteiger partial charge < -0.3 is 5.32 Å². The van der Waals surface area contributed by atoms with E-state index >= 15 is 31.1 Å². The summed E-state index contributed by atoms with van der Waals surface area (Å²) in [7, 11) is 0. The van der Waals surface area contributed by atoms with Crippen LogP contribution < -0.4 is 15.1 Å². The van der Waals surface area contributed by atoms with Crippen LogP contribution in [0.3, 0.4) is 0 Å². The molecule has 7 aliphatic rings. The molecule has 0 fully saturated rings. The predicted octanol–water partition coefficient (Wildman–Crippen LogP) is 13.4. The van der Waals surface area contributed by atoms with Gasteiger partial charge in [0.1, 0.15) is 0 Å². The van der Waals surface area contributed by atoms with Crippen molar-refractivity contribution in [2.24, 2.45) is 16.2 Å². The lowest BCUT2D eigenvalue weighted by Gasteiger charge is -2.50. The minimum absolute atomic E-state index is 0.00647. The van der Waals surface area contributed by atoms with Crippen molar-refractivity contribution < 1.29 is 40.7 Å². The summed E-state index contributed by atoms with van der Waals surface area (Å²) in [6.45, 7) is 16.4. The number of aryl methyl sites for hydroxylation is 4. The largest absolute Gasteiger partial charge is 0.406 e. The predicted molar refractivity (Wildman–Crippen MR) is 285 cm³/mol. The van der Waals surface area contributed by atoms with Crippen LogP contribution in [0.2, 0.25) is 0 Å². The van der Waals surface area contributed by atoms with E-state index in [4.69, 9.17) is 0 Å². The summed E-state index contributed by atoms with van der Waals surface area (Å²) >= 11 is 0. The highest BCUT2D eigenvalue weighted by Gasteiger charge is 2.69. The number of alkyl halides is 6. The number of hydrogen-bond acceptors (Lipinski definition) is 9. The number of hydrogen-bond donors (Lipinski definition) is 4. The number of halogens is 6. The first kappa shape index (κ1) is 51.0. The highest BCUT2D eigenvalue weighted by molar-refractivity contribution is 6.07. The molecule has 4 N–H and O–H groups in total. The van der Waals surface area contributed by atoms with E-state index in [-0.39, 0.29) is 99.2 Å². The second-order valence-electron chi connectivity index (χ2n) is 25.4. The first-order valence-electron chi connectivity index (χ1n) is 26.8. The fraction of sp³-hybridized carbons (Fsp3) is 0.410. The van der Waals surface area contributed by atoms with Crippen LogP contribution in [-0.2, 0) is 37.0 Å². The monoisotopic (exact) mass is 1080 g/mol. The molecule has 3 aromatic carbocycles. The van der Waals surface area contributed by atoms with E-state index in [1.54, 1.807) is 24.8 Å². The van der Waals surface area contributed by atoms with Crippen LogP contribution in [0, 0.1) is 37.0 Å². The van der Waals surface area contributed by atoms with E-state index in [9.17, 15) is 9.59 Å². The number of rotatable bonds is 4. The Labute approximate surface area is 452 Å².